The molecule has 1 aliphatic rings. The first-order chi connectivity index (χ1) is 9.34. The molecule has 1 N–H and O–H groups in total. The first-order valence-corrected chi connectivity index (χ1v) is 6.48. The number of aromatic amines is 1. The summed E-state index contributed by atoms with van der Waals surface area (Å²) in [6, 6.07) is 9.83. The highest BCUT2D eigenvalue weighted by Gasteiger charge is 2.32. The van der Waals surface area contributed by atoms with E-state index in [0.717, 1.165) is 35.3 Å². The van der Waals surface area contributed by atoms with Gasteiger partial charge in [0.25, 0.3) is 0 Å². The summed E-state index contributed by atoms with van der Waals surface area (Å²) in [4.78, 5) is 12.4. The maximum Gasteiger partial charge on any atom is 0.168 e. The third kappa shape index (κ3) is 1.60. The molecule has 3 aromatic heterocycles. The zero-order valence-corrected chi connectivity index (χ0v) is 10.3. The molecule has 94 valence electrons. The van der Waals surface area contributed by atoms with E-state index in [0.29, 0.717) is 0 Å². The SMILES string of the molecule is O=C(c1cc(-c2ccn[nH]2)n2ccccc12)C1CC1. The number of Topliss-reactive ketones (excluding diaryl/α,β-unsaturated/α-hetero) is 1. The molecule has 4 rings (SSSR count). The number of nitrogens with one attached hydrogen (secondary N) is 1. The van der Waals surface area contributed by atoms with Crippen molar-refractivity contribution in [2.24, 2.45) is 5.92 Å². The van der Waals surface area contributed by atoms with Crippen molar-refractivity contribution in [3.63, 3.8) is 0 Å². The molecule has 0 radical (unpaired) electrons. The number of carbonyl (C=O) groups excluding carboxylic acids is 1. The Labute approximate surface area is 110 Å². The molecular weight excluding hydrogens is 238 g/mol. The van der Waals surface area contributed by atoms with Crippen LogP contribution < -0.4 is 0 Å². The summed E-state index contributed by atoms with van der Waals surface area (Å²) in [5.74, 6) is 0.510. The Kier molecular flexibility index (Phi) is 2.12. The highest BCUT2D eigenvalue weighted by atomic mass is 16.1. The quantitative estimate of drug-likeness (QED) is 0.728. The molecule has 0 spiro atoms. The molecule has 0 atom stereocenters. The number of H-pyrrole nitrogens is 1. The monoisotopic (exact) mass is 251 g/mol. The van der Waals surface area contributed by atoms with Gasteiger partial charge in [0.05, 0.1) is 16.9 Å². The van der Waals surface area contributed by atoms with Gasteiger partial charge in [-0.3, -0.25) is 9.89 Å². The number of aromatic nitrogens is 3. The molecule has 3 heterocycles. The minimum atomic E-state index is 0.237. The minimum Gasteiger partial charge on any atom is -0.314 e. The van der Waals surface area contributed by atoms with Gasteiger partial charge in [-0.15, -0.1) is 0 Å². The first kappa shape index (κ1) is 10.6. The fraction of sp³-hybridized carbons (Fsp3) is 0.200. The van der Waals surface area contributed by atoms with Crippen molar-refractivity contribution in [2.45, 2.75) is 12.8 Å². The molecule has 0 saturated heterocycles. The summed E-state index contributed by atoms with van der Waals surface area (Å²) in [5, 5.41) is 6.94. The summed E-state index contributed by atoms with van der Waals surface area (Å²) in [6.45, 7) is 0. The average Bonchev–Trinajstić information content (AvgIpc) is 3.01. The number of pyridine rings is 1. The topological polar surface area (TPSA) is 50.2 Å². The number of carbonyl (C=O) groups is 1. The van der Waals surface area contributed by atoms with Crippen LogP contribution >= 0.6 is 0 Å². The molecule has 4 heteroatoms. The molecule has 0 aromatic carbocycles. The van der Waals surface area contributed by atoms with Gasteiger partial charge in [0.15, 0.2) is 5.78 Å². The van der Waals surface area contributed by atoms with E-state index >= 15 is 0 Å². The van der Waals surface area contributed by atoms with Gasteiger partial charge in [0, 0.05) is 23.9 Å². The van der Waals surface area contributed by atoms with Crippen LogP contribution in [0.2, 0.25) is 0 Å². The van der Waals surface area contributed by atoms with Crippen molar-refractivity contribution < 1.29 is 4.79 Å². The lowest BCUT2D eigenvalue weighted by atomic mass is 10.1. The lowest BCUT2D eigenvalue weighted by Crippen LogP contribution is -2.00. The fourth-order valence-electron chi connectivity index (χ4n) is 2.52. The van der Waals surface area contributed by atoms with E-state index in [1.807, 2.05) is 40.9 Å². The van der Waals surface area contributed by atoms with Crippen LogP contribution in [-0.2, 0) is 0 Å². The summed E-state index contributed by atoms with van der Waals surface area (Å²) in [6.07, 6.45) is 5.76. The Morgan fingerprint density at radius 1 is 1.32 bits per heavy atom. The van der Waals surface area contributed by atoms with E-state index < -0.39 is 0 Å². The van der Waals surface area contributed by atoms with Crippen LogP contribution in [0, 0.1) is 5.92 Å². The predicted octanol–water partition coefficient (Wildman–Crippen LogP) is 2.92. The van der Waals surface area contributed by atoms with Crippen molar-refractivity contribution in [2.75, 3.05) is 0 Å². The molecule has 0 aliphatic heterocycles. The van der Waals surface area contributed by atoms with Crippen molar-refractivity contribution in [1.29, 1.82) is 0 Å². The summed E-state index contributed by atoms with van der Waals surface area (Å²) in [5.41, 5.74) is 3.71. The molecule has 1 saturated carbocycles. The minimum absolute atomic E-state index is 0.237. The van der Waals surface area contributed by atoms with Crippen LogP contribution in [0.15, 0.2) is 42.7 Å². The third-order valence-corrected chi connectivity index (χ3v) is 3.67. The zero-order valence-electron chi connectivity index (χ0n) is 10.3. The number of fused-ring (bicyclic) bond motifs is 1. The third-order valence-electron chi connectivity index (χ3n) is 3.67. The van der Waals surface area contributed by atoms with Gasteiger partial charge < -0.3 is 4.40 Å². The summed E-state index contributed by atoms with van der Waals surface area (Å²) < 4.78 is 2.04. The predicted molar refractivity (Wildman–Crippen MR) is 72.0 cm³/mol. The molecule has 0 bridgehead atoms. The van der Waals surface area contributed by atoms with Crippen molar-refractivity contribution in [3.8, 4) is 11.4 Å². The summed E-state index contributed by atoms with van der Waals surface area (Å²) in [7, 11) is 0. The number of hydrogen-bond acceptors (Lipinski definition) is 2. The smallest absolute Gasteiger partial charge is 0.168 e. The van der Waals surface area contributed by atoms with Crippen molar-refractivity contribution in [1.82, 2.24) is 14.6 Å². The number of nitrogens with zero attached hydrogens (tertiary/aromatic N) is 2. The highest BCUT2D eigenvalue weighted by Crippen LogP contribution is 2.35. The highest BCUT2D eigenvalue weighted by molar-refractivity contribution is 6.06. The standard InChI is InChI=1S/C15H13N3O/c19-15(10-4-5-10)11-9-14(12-6-7-16-17-12)18-8-2-1-3-13(11)18/h1-3,6-10H,4-5H2,(H,16,17). The van der Waals surface area contributed by atoms with Gasteiger partial charge in [-0.2, -0.15) is 5.10 Å². The lowest BCUT2D eigenvalue weighted by molar-refractivity contribution is 0.0969. The van der Waals surface area contributed by atoms with Gasteiger partial charge >= 0.3 is 0 Å². The van der Waals surface area contributed by atoms with Crippen LogP contribution in [-0.4, -0.2) is 20.4 Å². The zero-order chi connectivity index (χ0) is 12.8. The van der Waals surface area contributed by atoms with Crippen LogP contribution in [0.25, 0.3) is 16.9 Å². The van der Waals surface area contributed by atoms with Crippen molar-refractivity contribution >= 4 is 11.3 Å². The second kappa shape index (κ2) is 3.82. The maximum atomic E-state index is 12.4. The van der Waals surface area contributed by atoms with E-state index in [1.165, 1.54) is 0 Å². The Balaban J connectivity index is 1.97. The second-order valence-electron chi connectivity index (χ2n) is 5.01. The molecule has 19 heavy (non-hydrogen) atoms. The Bertz CT molecular complexity index is 751. The molecule has 0 unspecified atom stereocenters. The van der Waals surface area contributed by atoms with E-state index in [1.54, 1.807) is 6.20 Å². The normalized spacial score (nSPS) is 14.9. The first-order valence-electron chi connectivity index (χ1n) is 6.48. The molecule has 0 amide bonds. The molecule has 1 aliphatic carbocycles. The van der Waals surface area contributed by atoms with Crippen LogP contribution in [0.3, 0.4) is 0 Å². The van der Waals surface area contributed by atoms with Crippen LogP contribution in [0.4, 0.5) is 0 Å². The molecule has 4 nitrogen and oxygen atoms in total. The van der Waals surface area contributed by atoms with Gasteiger partial charge in [-0.05, 0) is 37.1 Å². The van der Waals surface area contributed by atoms with Gasteiger partial charge in [0.2, 0.25) is 0 Å². The molecular formula is C15H13N3O. The largest absolute Gasteiger partial charge is 0.314 e. The van der Waals surface area contributed by atoms with Crippen LogP contribution in [0.1, 0.15) is 23.2 Å². The lowest BCUT2D eigenvalue weighted by Gasteiger charge is -1.99. The van der Waals surface area contributed by atoms with Crippen LogP contribution in [0.5, 0.6) is 0 Å². The molecule has 1 fully saturated rings. The number of rotatable bonds is 3. The Hall–Kier alpha value is -2.36. The number of ketones is 1. The van der Waals surface area contributed by atoms with Crippen molar-refractivity contribution in [3.05, 3.63) is 48.3 Å². The number of hydrogen-bond donors (Lipinski definition) is 1. The fourth-order valence-corrected chi connectivity index (χ4v) is 2.52. The van der Waals surface area contributed by atoms with Gasteiger partial charge in [-0.1, -0.05) is 6.07 Å². The van der Waals surface area contributed by atoms with Gasteiger partial charge in [-0.25, -0.2) is 0 Å². The maximum absolute atomic E-state index is 12.4. The van der Waals surface area contributed by atoms with E-state index in [9.17, 15) is 4.79 Å². The summed E-state index contributed by atoms with van der Waals surface area (Å²) >= 11 is 0. The Morgan fingerprint density at radius 3 is 2.95 bits per heavy atom. The van der Waals surface area contributed by atoms with E-state index in [4.69, 9.17) is 0 Å². The van der Waals surface area contributed by atoms with E-state index in [2.05, 4.69) is 10.2 Å². The Morgan fingerprint density at radius 2 is 2.21 bits per heavy atom. The molecule has 3 aromatic rings. The van der Waals surface area contributed by atoms with E-state index in [-0.39, 0.29) is 11.7 Å². The van der Waals surface area contributed by atoms with Gasteiger partial charge in [0.1, 0.15) is 0 Å². The second-order valence-corrected chi connectivity index (χ2v) is 5.01. The average molecular weight is 251 g/mol.